The number of nitrogens with one attached hydrogen (secondary N) is 13. The fraction of sp³-hybridized carbons (Fsp3) is 0.187. The second kappa shape index (κ2) is 41.5. The molecule has 1 atom stereocenters. The van der Waals surface area contributed by atoms with Gasteiger partial charge in [0.25, 0.3) is 11.8 Å². The topological polar surface area (TPSA) is 543 Å². The van der Waals surface area contributed by atoms with E-state index < -0.39 is 28.2 Å². The van der Waals surface area contributed by atoms with Gasteiger partial charge in [0.15, 0.2) is 11.6 Å². The van der Waals surface area contributed by atoms with Gasteiger partial charge in [0, 0.05) is 132 Å². The van der Waals surface area contributed by atoms with Gasteiger partial charge in [-0.3, -0.25) is 50.5 Å². The van der Waals surface area contributed by atoms with Gasteiger partial charge in [-0.05, 0) is 176 Å². The Kier molecular flexibility index (Phi) is 28.6. The summed E-state index contributed by atoms with van der Waals surface area (Å²) in [6, 6.07) is 41.3. The fourth-order valence-electron chi connectivity index (χ4n) is 13.4. The van der Waals surface area contributed by atoms with E-state index >= 15 is 0 Å². The van der Waals surface area contributed by atoms with Crippen molar-refractivity contribution in [3.8, 4) is 79.0 Å². The number of esters is 1. The van der Waals surface area contributed by atoms with Crippen LogP contribution in [0.3, 0.4) is 0 Å². The molecular weight excluding hydrogens is 1730 g/mol. The molecule has 0 bridgehead atoms. The van der Waals surface area contributed by atoms with Gasteiger partial charge in [0.1, 0.15) is 46.4 Å². The van der Waals surface area contributed by atoms with Gasteiger partial charge in [0.2, 0.25) is 39.6 Å². The number of pyridine rings is 3. The molecule has 13 N–H and O–H groups in total. The van der Waals surface area contributed by atoms with Crippen LogP contribution in [-0.4, -0.2) is 189 Å². The van der Waals surface area contributed by atoms with Crippen molar-refractivity contribution in [3.05, 3.63) is 243 Å². The number of hydrogen-bond acceptors (Lipinski definition) is 26. The van der Waals surface area contributed by atoms with Crippen LogP contribution in [0.15, 0.2) is 225 Å². The summed E-state index contributed by atoms with van der Waals surface area (Å²) in [6.45, 7) is 18.2. The summed E-state index contributed by atoms with van der Waals surface area (Å²) >= 11 is 0. The summed E-state index contributed by atoms with van der Waals surface area (Å²) in [7, 11) is -3.45. The van der Waals surface area contributed by atoms with Gasteiger partial charge in [-0.25, -0.2) is 82.2 Å². The van der Waals surface area contributed by atoms with Crippen molar-refractivity contribution >= 4 is 126 Å². The summed E-state index contributed by atoms with van der Waals surface area (Å²) in [5, 5.41) is 21.7. The van der Waals surface area contributed by atoms with Crippen molar-refractivity contribution < 1.29 is 60.6 Å². The van der Waals surface area contributed by atoms with Crippen LogP contribution >= 0.6 is 0 Å². The van der Waals surface area contributed by atoms with Crippen molar-refractivity contribution in [1.82, 2.24) is 115 Å². The average Bonchev–Trinajstić information content (AvgIpc) is 1.53. The highest BCUT2D eigenvalue weighted by Crippen LogP contribution is 2.38. The molecule has 0 spiro atoms. The number of carbonyl (C=O) groups excluding carboxylic acids is 7. The van der Waals surface area contributed by atoms with Gasteiger partial charge in [-0.1, -0.05) is 42.5 Å². The number of ether oxygens (including phenoxy) is 3. The number of amides is 8. The lowest BCUT2D eigenvalue weighted by molar-refractivity contribution is 0.0490. The molecule has 0 saturated carbocycles. The monoisotopic (exact) mass is 1810 g/mol. The third-order valence-corrected chi connectivity index (χ3v) is 19.7. The molecule has 0 radical (unpaired) electrons. The van der Waals surface area contributed by atoms with E-state index in [4.69, 9.17) is 18.6 Å². The molecule has 12 aromatic heterocycles. The highest BCUT2D eigenvalue weighted by molar-refractivity contribution is 7.92. The maximum atomic E-state index is 12.9. The normalized spacial score (nSPS) is 11.3. The number of aromatic amines is 4. The number of imidazole rings is 6. The molecule has 41 nitrogen and oxygen atoms in total. The Hall–Kier alpha value is -17.5. The number of aromatic nitrogens is 19. The first-order valence-corrected chi connectivity index (χ1v) is 43.5. The summed E-state index contributed by atoms with van der Waals surface area (Å²) < 4.78 is 49.9. The molecule has 17 rings (SSSR count). The summed E-state index contributed by atoms with van der Waals surface area (Å²) in [4.78, 5) is 154. The molecule has 133 heavy (non-hydrogen) atoms. The van der Waals surface area contributed by atoms with Crippen LogP contribution in [0.2, 0.25) is 0 Å². The Bertz CT molecular complexity index is 7160. The predicted molar refractivity (Wildman–Crippen MR) is 499 cm³/mol. The largest absolute Gasteiger partial charge is 0.460 e. The number of H-pyrrole nitrogens is 4. The molecule has 5 aromatic carbocycles. The zero-order valence-corrected chi connectivity index (χ0v) is 74.1. The quantitative estimate of drug-likeness (QED) is 0.0197. The molecule has 12 heterocycles. The van der Waals surface area contributed by atoms with Crippen LogP contribution < -0.4 is 47.3 Å². The minimum Gasteiger partial charge on any atom is -0.460 e. The number of benzene rings is 5. The van der Waals surface area contributed by atoms with Crippen LogP contribution in [0.1, 0.15) is 105 Å². The molecule has 0 aliphatic rings. The minimum atomic E-state index is -3.45. The van der Waals surface area contributed by atoms with Gasteiger partial charge in [0.05, 0.1) is 71.1 Å². The van der Waals surface area contributed by atoms with Crippen LogP contribution in [0.5, 0.6) is 0 Å². The second-order valence-electron chi connectivity index (χ2n) is 30.1. The van der Waals surface area contributed by atoms with Crippen LogP contribution in [-0.2, 0) is 24.2 Å². The van der Waals surface area contributed by atoms with E-state index in [0.717, 1.165) is 34.1 Å². The molecule has 8 amide bonds. The van der Waals surface area contributed by atoms with E-state index in [9.17, 15) is 42.0 Å². The SMILES string of the molecule is CCNC(=O)Nc1nc2c(-c3cc(NS(C)(=O)=O)ccn3)cc(-c3cccnc3)cc2[nH]1.CCNC(=O)Nc1nc2c(-c3ccc(C(=O)OCC)o3)cc(-c3cccnc3)cc2[nH]1.CCOC(=O)Nc1nc2c(-c3ncccn3)cc(-n3cnc(C(=O)NC(C)(C)C)c3)cc2[nH]1.CCOC(=O)Nc1nc2c(-c3ncccn3)cc(-n3cnc(C(=O)N[C@@H](C)c4ccccc4)c3)cc2[nH]1. The lowest BCUT2D eigenvalue weighted by atomic mass is 10.0. The van der Waals surface area contributed by atoms with Crippen molar-refractivity contribution in [2.75, 3.05) is 65.2 Å². The average molecular weight is 1820 g/mol. The molecule has 0 saturated heterocycles. The molecule has 0 aliphatic carbocycles. The highest BCUT2D eigenvalue weighted by atomic mass is 32.2. The first-order chi connectivity index (χ1) is 64.1. The van der Waals surface area contributed by atoms with Crippen molar-refractivity contribution in [3.63, 3.8) is 0 Å². The first-order valence-electron chi connectivity index (χ1n) is 41.6. The number of hydrogen-bond donors (Lipinski definition) is 13. The maximum absolute atomic E-state index is 12.9. The van der Waals surface area contributed by atoms with Gasteiger partial charge in [-0.15, -0.1) is 0 Å². The third kappa shape index (κ3) is 23.5. The Labute approximate surface area is 758 Å². The standard InChI is InChI=1S/C26H24N8O3.C22H24N8O3.C22H21N5O4.C21H21N7O3S/c1-3-37-26(36)33-25-31-20-13-18(12-19(22(20)32-25)23-27-10-7-11-28-23)34-14-21(29-15-34)24(35)30-16(2)17-8-5-4-6-9-17;1-5-33-21(32)28-20-26-15-10-13(9-14(17(15)27-20)18-23-7-6-8-24-18)30-11-16(25-12-30)19(31)29-22(2,3)4;1-3-24-22(29)27-21-25-16-11-14(13-6-5-9-23-12-13)10-15(19(16)26-21)17-7-8-18(31-17)20(28)30-4-2;1-3-23-21(29)27-20-25-18-10-14(13-5-4-7-22-12-13)9-16(19(18)26-20)17-11-15(6-8-24-17)28-32(2,30)31/h4-16H,3H2,1-2H3,(H,30,35)(H2,31,32,33,36);6-12H,5H2,1-4H3,(H,29,31)(H2,26,27,28,32);5-12H,3-4H2,1-2H3,(H3,24,25,26,27,29);4-12H,3H2,1-2H3,(H,24,28)(H3,23,25,26,27,29)/t16-;;;/m0.../s1. The third-order valence-electron chi connectivity index (χ3n) is 19.1. The number of urea groups is 2. The lowest BCUT2D eigenvalue weighted by Gasteiger charge is -2.19. The van der Waals surface area contributed by atoms with Crippen molar-refractivity contribution in [2.45, 2.75) is 73.9 Å². The van der Waals surface area contributed by atoms with E-state index in [1.807, 2.05) is 145 Å². The number of nitrogens with zero attached hydrogens (tertiary/aromatic N) is 15. The number of fused-ring (bicyclic) bond motifs is 4. The molecule has 678 valence electrons. The highest BCUT2D eigenvalue weighted by Gasteiger charge is 2.26. The fourth-order valence-corrected chi connectivity index (χ4v) is 14.0. The number of anilines is 5. The van der Waals surface area contributed by atoms with Gasteiger partial charge >= 0.3 is 30.2 Å². The summed E-state index contributed by atoms with van der Waals surface area (Å²) in [5.41, 5.74) is 14.5. The first kappa shape index (κ1) is 91.7. The molecule has 42 heteroatoms. The molecule has 0 unspecified atom stereocenters. The van der Waals surface area contributed by atoms with Crippen molar-refractivity contribution in [2.24, 2.45) is 0 Å². The van der Waals surface area contributed by atoms with E-state index in [0.29, 0.717) is 126 Å². The number of rotatable bonds is 24. The maximum Gasteiger partial charge on any atom is 0.413 e. The minimum absolute atomic E-state index is 0.105. The van der Waals surface area contributed by atoms with E-state index in [-0.39, 0.29) is 90.3 Å². The van der Waals surface area contributed by atoms with Crippen LogP contribution in [0.25, 0.3) is 123 Å². The molecule has 0 aliphatic heterocycles. The molecule has 17 aromatic rings. The lowest BCUT2D eigenvalue weighted by Crippen LogP contribution is -2.40. The molecule has 0 fully saturated rings. The Balaban J connectivity index is 0.000000143. The Morgan fingerprint density at radius 3 is 1.40 bits per heavy atom. The van der Waals surface area contributed by atoms with E-state index in [2.05, 4.69) is 132 Å². The van der Waals surface area contributed by atoms with Crippen molar-refractivity contribution in [1.29, 1.82) is 0 Å². The van der Waals surface area contributed by atoms with Gasteiger partial charge in [-0.2, -0.15) is 0 Å². The number of sulfonamides is 1. The zero-order valence-electron chi connectivity index (χ0n) is 73.3. The summed E-state index contributed by atoms with van der Waals surface area (Å²) in [6.07, 6.45) is 21.2. The smallest absolute Gasteiger partial charge is 0.413 e. The second-order valence-corrected chi connectivity index (χ2v) is 31.8. The number of carbonyl (C=O) groups is 7. The number of furan rings is 1. The Morgan fingerprint density at radius 2 is 0.932 bits per heavy atom. The summed E-state index contributed by atoms with van der Waals surface area (Å²) in [5.74, 6) is 1.42. The molecular formula is C91H90N28O13S. The Morgan fingerprint density at radius 1 is 0.466 bits per heavy atom. The van der Waals surface area contributed by atoms with E-state index in [1.165, 1.54) is 6.20 Å². The van der Waals surface area contributed by atoms with Crippen LogP contribution in [0, 0.1) is 0 Å². The van der Waals surface area contributed by atoms with Gasteiger partial charge < -0.3 is 69.0 Å². The predicted octanol–water partition coefficient (Wildman–Crippen LogP) is 15.0. The zero-order chi connectivity index (χ0) is 93.9. The van der Waals surface area contributed by atoms with E-state index in [1.54, 1.807) is 141 Å². The van der Waals surface area contributed by atoms with Crippen LogP contribution in [0.4, 0.5) is 48.7 Å².